The van der Waals surface area contributed by atoms with Gasteiger partial charge in [0.2, 0.25) is 5.91 Å². The predicted octanol–water partition coefficient (Wildman–Crippen LogP) is 4.19. The molecule has 2 aliphatic carbocycles. The highest BCUT2D eigenvalue weighted by Crippen LogP contribution is 2.55. The number of rotatable bonds is 2. The second kappa shape index (κ2) is 8.14. The fraction of sp³-hybridized carbons (Fsp3) is 0.750. The zero-order chi connectivity index (χ0) is 20.6. The maximum Gasteiger partial charge on any atom is 0.235 e. The highest BCUT2D eigenvalue weighted by Gasteiger charge is 2.64. The van der Waals surface area contributed by atoms with E-state index >= 15 is 0 Å². The van der Waals surface area contributed by atoms with Crippen molar-refractivity contribution in [3.63, 3.8) is 0 Å². The number of carbonyl (C=O) groups excluding carboxylic acids is 2. The molecule has 0 radical (unpaired) electrons. The molecule has 4 nitrogen and oxygen atoms in total. The molecule has 156 valence electrons. The van der Waals surface area contributed by atoms with E-state index in [1.807, 2.05) is 0 Å². The van der Waals surface area contributed by atoms with Crippen LogP contribution in [0.2, 0.25) is 0 Å². The lowest BCUT2D eigenvalue weighted by Gasteiger charge is -2.45. The van der Waals surface area contributed by atoms with Crippen molar-refractivity contribution in [1.82, 2.24) is 5.32 Å². The molecule has 0 aromatic carbocycles. The molecule has 1 aliphatic heterocycles. The quantitative estimate of drug-likeness (QED) is 0.552. The Morgan fingerprint density at radius 2 is 1.89 bits per heavy atom. The molecule has 0 aromatic rings. The summed E-state index contributed by atoms with van der Waals surface area (Å²) in [5.74, 6) is 0.473. The van der Waals surface area contributed by atoms with E-state index in [9.17, 15) is 14.7 Å². The maximum atomic E-state index is 13.7. The van der Waals surface area contributed by atoms with Gasteiger partial charge in [-0.25, -0.2) is 0 Å². The molecule has 1 amide bonds. The van der Waals surface area contributed by atoms with Crippen LogP contribution in [0.3, 0.4) is 0 Å². The summed E-state index contributed by atoms with van der Waals surface area (Å²) in [7, 11) is 0. The molecule has 0 aromatic heterocycles. The van der Waals surface area contributed by atoms with E-state index in [4.69, 9.17) is 0 Å². The van der Waals surface area contributed by atoms with Gasteiger partial charge in [-0.3, -0.25) is 9.59 Å². The number of amides is 1. The summed E-state index contributed by atoms with van der Waals surface area (Å²) in [6.45, 7) is 10.7. The number of hydrogen-bond donors (Lipinski definition) is 2. The molecule has 0 saturated carbocycles. The first-order valence-corrected chi connectivity index (χ1v) is 11.1. The SMILES string of the molecule is CC1=C[C@H]2C=C(C)[C@@H](C)[C@H]3[C@H](CC(C)C)NC(=O)[C@@]23C(=O)CCC[C@H](O)CC1. The first-order chi connectivity index (χ1) is 13.2. The van der Waals surface area contributed by atoms with Crippen LogP contribution in [0.25, 0.3) is 0 Å². The van der Waals surface area contributed by atoms with E-state index in [1.165, 1.54) is 5.57 Å². The number of aliphatic hydroxyl groups is 1. The van der Waals surface area contributed by atoms with Gasteiger partial charge in [0.1, 0.15) is 11.2 Å². The lowest BCUT2D eigenvalue weighted by atomic mass is 9.54. The summed E-state index contributed by atoms with van der Waals surface area (Å²) in [5, 5.41) is 13.5. The number of Topliss-reactive ketones (excluding diaryl/α,β-unsaturated/α-hetero) is 1. The summed E-state index contributed by atoms with van der Waals surface area (Å²) in [6, 6.07) is 0.0435. The van der Waals surface area contributed by atoms with Crippen LogP contribution in [0, 0.1) is 29.1 Å². The molecule has 1 spiro atoms. The van der Waals surface area contributed by atoms with Gasteiger partial charge in [-0.15, -0.1) is 0 Å². The zero-order valence-corrected chi connectivity index (χ0v) is 18.1. The minimum atomic E-state index is -0.991. The molecule has 0 bridgehead atoms. The van der Waals surface area contributed by atoms with E-state index in [1.54, 1.807) is 0 Å². The number of hydrogen-bond acceptors (Lipinski definition) is 3. The standard InChI is InChI=1S/C24H37NO3/c1-14(2)11-20-22-17(5)16(4)13-18-12-15(3)9-10-19(26)7-6-8-21(27)24(18,22)23(28)25-20/h12-14,17-20,22,26H,6-11H2,1-5H3,(H,25,28)/t17-,18+,19+,20+,22+,24-/m1/s1. The first kappa shape index (κ1) is 21.3. The van der Waals surface area contributed by atoms with E-state index in [0.717, 1.165) is 24.8 Å². The summed E-state index contributed by atoms with van der Waals surface area (Å²) in [4.78, 5) is 27.2. The molecule has 3 aliphatic rings. The van der Waals surface area contributed by atoms with Crippen molar-refractivity contribution in [2.24, 2.45) is 29.1 Å². The van der Waals surface area contributed by atoms with Crippen LogP contribution in [-0.4, -0.2) is 28.9 Å². The Morgan fingerprint density at radius 1 is 1.18 bits per heavy atom. The normalized spacial score (nSPS) is 39.5. The second-order valence-electron chi connectivity index (χ2n) is 9.85. The number of nitrogens with one attached hydrogen (secondary N) is 1. The Hall–Kier alpha value is -1.42. The molecular weight excluding hydrogens is 350 g/mol. The van der Waals surface area contributed by atoms with Gasteiger partial charge in [-0.05, 0) is 57.8 Å². The fourth-order valence-corrected chi connectivity index (χ4v) is 5.84. The Balaban J connectivity index is 2.14. The van der Waals surface area contributed by atoms with Gasteiger partial charge < -0.3 is 10.4 Å². The minimum Gasteiger partial charge on any atom is -0.393 e. The average Bonchev–Trinajstić information content (AvgIpc) is 2.88. The third kappa shape index (κ3) is 3.60. The summed E-state index contributed by atoms with van der Waals surface area (Å²) < 4.78 is 0. The Labute approximate surface area is 169 Å². The Morgan fingerprint density at radius 3 is 2.57 bits per heavy atom. The fourth-order valence-electron chi connectivity index (χ4n) is 5.84. The van der Waals surface area contributed by atoms with Gasteiger partial charge in [0.25, 0.3) is 0 Å². The molecule has 6 atom stereocenters. The van der Waals surface area contributed by atoms with Crippen molar-refractivity contribution >= 4 is 11.7 Å². The van der Waals surface area contributed by atoms with E-state index in [0.29, 0.717) is 25.2 Å². The van der Waals surface area contributed by atoms with E-state index < -0.39 is 5.41 Å². The van der Waals surface area contributed by atoms with Gasteiger partial charge in [-0.2, -0.15) is 0 Å². The highest BCUT2D eigenvalue weighted by atomic mass is 16.3. The largest absolute Gasteiger partial charge is 0.393 e. The number of allylic oxidation sites excluding steroid dienone is 4. The topological polar surface area (TPSA) is 66.4 Å². The predicted molar refractivity (Wildman–Crippen MR) is 112 cm³/mol. The first-order valence-electron chi connectivity index (χ1n) is 11.1. The van der Waals surface area contributed by atoms with Crippen molar-refractivity contribution in [2.75, 3.05) is 0 Å². The molecule has 1 heterocycles. The Kier molecular flexibility index (Phi) is 6.19. The monoisotopic (exact) mass is 387 g/mol. The van der Waals surface area contributed by atoms with Gasteiger partial charge in [0.15, 0.2) is 0 Å². The highest BCUT2D eigenvalue weighted by molar-refractivity contribution is 6.09. The van der Waals surface area contributed by atoms with Crippen molar-refractivity contribution < 1.29 is 14.7 Å². The van der Waals surface area contributed by atoms with Gasteiger partial charge in [0.05, 0.1) is 6.10 Å². The molecule has 4 heteroatoms. The molecule has 1 saturated heterocycles. The summed E-state index contributed by atoms with van der Waals surface area (Å²) >= 11 is 0. The van der Waals surface area contributed by atoms with Crippen molar-refractivity contribution in [2.45, 2.75) is 85.3 Å². The molecule has 2 N–H and O–H groups in total. The van der Waals surface area contributed by atoms with Crippen molar-refractivity contribution in [3.05, 3.63) is 23.3 Å². The summed E-state index contributed by atoms with van der Waals surface area (Å²) in [6.07, 6.45) is 8.05. The smallest absolute Gasteiger partial charge is 0.235 e. The van der Waals surface area contributed by atoms with Crippen LogP contribution in [0.15, 0.2) is 23.3 Å². The van der Waals surface area contributed by atoms with Crippen LogP contribution in [-0.2, 0) is 9.59 Å². The lowest BCUT2D eigenvalue weighted by molar-refractivity contribution is -0.145. The van der Waals surface area contributed by atoms with Crippen LogP contribution in [0.5, 0.6) is 0 Å². The van der Waals surface area contributed by atoms with Crippen molar-refractivity contribution in [3.8, 4) is 0 Å². The molecule has 1 fully saturated rings. The molecule has 3 rings (SSSR count). The zero-order valence-electron chi connectivity index (χ0n) is 18.1. The summed E-state index contributed by atoms with van der Waals surface area (Å²) in [5.41, 5.74) is 1.45. The van der Waals surface area contributed by atoms with Gasteiger partial charge in [-0.1, -0.05) is 44.1 Å². The van der Waals surface area contributed by atoms with E-state index in [-0.39, 0.29) is 41.6 Å². The third-order valence-corrected chi connectivity index (χ3v) is 7.34. The number of ketones is 1. The third-order valence-electron chi connectivity index (χ3n) is 7.34. The van der Waals surface area contributed by atoms with Crippen LogP contribution < -0.4 is 5.32 Å². The average molecular weight is 388 g/mol. The molecule has 0 unspecified atom stereocenters. The second-order valence-corrected chi connectivity index (χ2v) is 9.85. The van der Waals surface area contributed by atoms with E-state index in [2.05, 4.69) is 52.1 Å². The van der Waals surface area contributed by atoms with Crippen LogP contribution in [0.1, 0.15) is 73.1 Å². The molecule has 28 heavy (non-hydrogen) atoms. The van der Waals surface area contributed by atoms with Gasteiger partial charge >= 0.3 is 0 Å². The molecular formula is C24H37NO3. The van der Waals surface area contributed by atoms with Crippen molar-refractivity contribution in [1.29, 1.82) is 0 Å². The lowest BCUT2D eigenvalue weighted by Crippen LogP contribution is -2.52. The Bertz CT molecular complexity index is 692. The maximum absolute atomic E-state index is 13.7. The number of carbonyl (C=O) groups is 2. The number of aliphatic hydroxyl groups excluding tert-OH is 1. The van der Waals surface area contributed by atoms with Gasteiger partial charge in [0, 0.05) is 24.3 Å². The van der Waals surface area contributed by atoms with Crippen LogP contribution in [0.4, 0.5) is 0 Å². The van der Waals surface area contributed by atoms with Crippen LogP contribution >= 0.6 is 0 Å². The minimum absolute atomic E-state index is 0.000346.